The number of hydrogen-bond acceptors (Lipinski definition) is 2. The van der Waals surface area contributed by atoms with Crippen molar-refractivity contribution in [2.75, 3.05) is 6.54 Å². The highest BCUT2D eigenvalue weighted by Gasteiger charge is 2.41. The quantitative estimate of drug-likeness (QED) is 0.571. The predicted octanol–water partition coefficient (Wildman–Crippen LogP) is 1.02. The van der Waals surface area contributed by atoms with E-state index in [-0.39, 0.29) is 5.54 Å². The average Bonchev–Trinajstić information content (AvgIpc) is 2.42. The molecule has 0 saturated heterocycles. The standard InChI is InChI=1S/C10H18N2/c11-7-10(12)5-8-3-1-2-4-9(8)6-10/h1-2,8-9H,3-7,11-12H2. The van der Waals surface area contributed by atoms with Crippen LogP contribution in [0.1, 0.15) is 25.7 Å². The van der Waals surface area contributed by atoms with Crippen LogP contribution in [0.25, 0.3) is 0 Å². The second kappa shape index (κ2) is 2.86. The van der Waals surface area contributed by atoms with Crippen molar-refractivity contribution in [1.29, 1.82) is 0 Å². The second-order valence-corrected chi connectivity index (χ2v) is 4.44. The Hall–Kier alpha value is -0.340. The van der Waals surface area contributed by atoms with Crippen LogP contribution in [0.2, 0.25) is 0 Å². The van der Waals surface area contributed by atoms with Crippen LogP contribution in [0.15, 0.2) is 12.2 Å². The molecule has 2 aliphatic carbocycles. The van der Waals surface area contributed by atoms with Gasteiger partial charge in [0.2, 0.25) is 0 Å². The topological polar surface area (TPSA) is 52.0 Å². The number of fused-ring (bicyclic) bond motifs is 1. The molecule has 1 saturated carbocycles. The Morgan fingerprint density at radius 2 is 1.67 bits per heavy atom. The van der Waals surface area contributed by atoms with E-state index >= 15 is 0 Å². The molecule has 2 atom stereocenters. The molecule has 0 bridgehead atoms. The molecule has 12 heavy (non-hydrogen) atoms. The molecular formula is C10H18N2. The van der Waals surface area contributed by atoms with Crippen LogP contribution < -0.4 is 11.5 Å². The lowest BCUT2D eigenvalue weighted by Gasteiger charge is -2.21. The van der Waals surface area contributed by atoms with Crippen molar-refractivity contribution in [3.8, 4) is 0 Å². The van der Waals surface area contributed by atoms with Gasteiger partial charge in [0, 0.05) is 12.1 Å². The fourth-order valence-corrected chi connectivity index (χ4v) is 2.72. The monoisotopic (exact) mass is 166 g/mol. The van der Waals surface area contributed by atoms with Gasteiger partial charge in [-0.05, 0) is 37.5 Å². The molecule has 2 unspecified atom stereocenters. The van der Waals surface area contributed by atoms with Gasteiger partial charge in [0.05, 0.1) is 0 Å². The molecule has 68 valence electrons. The highest BCUT2D eigenvalue weighted by atomic mass is 14.8. The van der Waals surface area contributed by atoms with Gasteiger partial charge in [-0.15, -0.1) is 0 Å². The Bertz CT molecular complexity index is 182. The Morgan fingerprint density at radius 3 is 2.08 bits per heavy atom. The van der Waals surface area contributed by atoms with Crippen LogP contribution in [-0.2, 0) is 0 Å². The van der Waals surface area contributed by atoms with Gasteiger partial charge in [-0.2, -0.15) is 0 Å². The third kappa shape index (κ3) is 1.29. The Morgan fingerprint density at radius 1 is 1.17 bits per heavy atom. The maximum atomic E-state index is 6.17. The van der Waals surface area contributed by atoms with Crippen molar-refractivity contribution in [1.82, 2.24) is 0 Å². The molecule has 0 aromatic carbocycles. The minimum Gasteiger partial charge on any atom is -0.329 e. The largest absolute Gasteiger partial charge is 0.329 e. The van der Waals surface area contributed by atoms with Gasteiger partial charge in [-0.25, -0.2) is 0 Å². The van der Waals surface area contributed by atoms with Gasteiger partial charge in [-0.3, -0.25) is 0 Å². The summed E-state index contributed by atoms with van der Waals surface area (Å²) in [4.78, 5) is 0. The first kappa shape index (κ1) is 8.27. The average molecular weight is 166 g/mol. The summed E-state index contributed by atoms with van der Waals surface area (Å²) in [6.45, 7) is 0.653. The van der Waals surface area contributed by atoms with Gasteiger partial charge in [0.1, 0.15) is 0 Å². The van der Waals surface area contributed by atoms with Crippen molar-refractivity contribution in [2.45, 2.75) is 31.2 Å². The van der Waals surface area contributed by atoms with Crippen molar-refractivity contribution in [2.24, 2.45) is 23.3 Å². The zero-order valence-corrected chi connectivity index (χ0v) is 7.50. The van der Waals surface area contributed by atoms with E-state index in [0.717, 1.165) is 24.7 Å². The summed E-state index contributed by atoms with van der Waals surface area (Å²) in [5.41, 5.74) is 11.8. The SMILES string of the molecule is NCC1(N)CC2CC=CCC2C1. The molecule has 4 N–H and O–H groups in total. The van der Waals surface area contributed by atoms with E-state index in [0.29, 0.717) is 6.54 Å². The molecule has 1 fully saturated rings. The van der Waals surface area contributed by atoms with E-state index < -0.39 is 0 Å². The smallest absolute Gasteiger partial charge is 0.0284 e. The van der Waals surface area contributed by atoms with E-state index in [1.54, 1.807) is 0 Å². The molecule has 0 heterocycles. The van der Waals surface area contributed by atoms with E-state index in [1.165, 1.54) is 12.8 Å². The lowest BCUT2D eigenvalue weighted by Crippen LogP contribution is -2.44. The molecular weight excluding hydrogens is 148 g/mol. The molecule has 2 aliphatic rings. The minimum absolute atomic E-state index is 0.0403. The Kier molecular flexibility index (Phi) is 1.97. The number of hydrogen-bond donors (Lipinski definition) is 2. The number of allylic oxidation sites excluding steroid dienone is 2. The molecule has 0 spiro atoms. The molecule has 0 radical (unpaired) electrons. The Balaban J connectivity index is 2.06. The summed E-state index contributed by atoms with van der Waals surface area (Å²) in [6.07, 6.45) is 9.32. The van der Waals surface area contributed by atoms with Crippen molar-refractivity contribution in [3.63, 3.8) is 0 Å². The summed E-state index contributed by atoms with van der Waals surface area (Å²) in [5, 5.41) is 0. The predicted molar refractivity (Wildman–Crippen MR) is 50.6 cm³/mol. The van der Waals surface area contributed by atoms with E-state index in [4.69, 9.17) is 11.5 Å². The molecule has 2 nitrogen and oxygen atoms in total. The number of rotatable bonds is 1. The summed E-state index contributed by atoms with van der Waals surface area (Å²) < 4.78 is 0. The summed E-state index contributed by atoms with van der Waals surface area (Å²) in [5.74, 6) is 1.65. The maximum absolute atomic E-state index is 6.17. The molecule has 0 aliphatic heterocycles. The molecule has 0 amide bonds. The van der Waals surface area contributed by atoms with Crippen LogP contribution in [0.3, 0.4) is 0 Å². The summed E-state index contributed by atoms with van der Waals surface area (Å²) in [7, 11) is 0. The van der Waals surface area contributed by atoms with Crippen LogP contribution in [-0.4, -0.2) is 12.1 Å². The molecule has 2 rings (SSSR count). The minimum atomic E-state index is -0.0403. The van der Waals surface area contributed by atoms with Crippen LogP contribution in [0, 0.1) is 11.8 Å². The van der Waals surface area contributed by atoms with E-state index in [1.807, 2.05) is 0 Å². The van der Waals surface area contributed by atoms with Crippen LogP contribution in [0.4, 0.5) is 0 Å². The first-order chi connectivity index (χ1) is 5.73. The van der Waals surface area contributed by atoms with Gasteiger partial charge in [0.25, 0.3) is 0 Å². The van der Waals surface area contributed by atoms with Gasteiger partial charge < -0.3 is 11.5 Å². The molecule has 2 heteroatoms. The van der Waals surface area contributed by atoms with E-state index in [9.17, 15) is 0 Å². The van der Waals surface area contributed by atoms with Crippen molar-refractivity contribution < 1.29 is 0 Å². The zero-order valence-electron chi connectivity index (χ0n) is 7.50. The Labute approximate surface area is 74.0 Å². The maximum Gasteiger partial charge on any atom is 0.0284 e. The fraction of sp³-hybridized carbons (Fsp3) is 0.800. The lowest BCUT2D eigenvalue weighted by molar-refractivity contribution is 0.380. The van der Waals surface area contributed by atoms with Gasteiger partial charge >= 0.3 is 0 Å². The second-order valence-electron chi connectivity index (χ2n) is 4.44. The number of nitrogens with two attached hydrogens (primary N) is 2. The summed E-state index contributed by atoms with van der Waals surface area (Å²) in [6, 6.07) is 0. The molecule has 0 aromatic heterocycles. The first-order valence-corrected chi connectivity index (χ1v) is 4.87. The highest BCUT2D eigenvalue weighted by molar-refractivity contribution is 5.05. The van der Waals surface area contributed by atoms with E-state index in [2.05, 4.69) is 12.2 Å². The third-order valence-corrected chi connectivity index (χ3v) is 3.45. The van der Waals surface area contributed by atoms with Gasteiger partial charge in [-0.1, -0.05) is 12.2 Å². The summed E-state index contributed by atoms with van der Waals surface area (Å²) >= 11 is 0. The zero-order chi connectivity index (χ0) is 8.60. The third-order valence-electron chi connectivity index (χ3n) is 3.45. The van der Waals surface area contributed by atoms with Crippen LogP contribution >= 0.6 is 0 Å². The highest BCUT2D eigenvalue weighted by Crippen LogP contribution is 2.43. The van der Waals surface area contributed by atoms with Crippen molar-refractivity contribution in [3.05, 3.63) is 12.2 Å². The van der Waals surface area contributed by atoms with Gasteiger partial charge in [0.15, 0.2) is 0 Å². The van der Waals surface area contributed by atoms with Crippen LogP contribution in [0.5, 0.6) is 0 Å². The molecule has 0 aromatic rings. The van der Waals surface area contributed by atoms with Crippen molar-refractivity contribution >= 4 is 0 Å². The first-order valence-electron chi connectivity index (χ1n) is 4.87. The lowest BCUT2D eigenvalue weighted by atomic mass is 9.86. The fourth-order valence-electron chi connectivity index (χ4n) is 2.72. The normalized spacial score (nSPS) is 46.2.